The minimum atomic E-state index is -0.469. The highest BCUT2D eigenvalue weighted by Crippen LogP contribution is 2.39. The number of hydrogen-bond acceptors (Lipinski definition) is 5. The van der Waals surface area contributed by atoms with Crippen molar-refractivity contribution in [1.82, 2.24) is 5.16 Å². The summed E-state index contributed by atoms with van der Waals surface area (Å²) >= 11 is 12.5. The monoisotopic (exact) mass is 365 g/mol. The van der Waals surface area contributed by atoms with Gasteiger partial charge in [0, 0.05) is 5.56 Å². The van der Waals surface area contributed by atoms with E-state index >= 15 is 0 Å². The molecule has 0 aliphatic heterocycles. The molecule has 1 heterocycles. The highest BCUT2D eigenvalue weighted by Gasteiger charge is 2.18. The summed E-state index contributed by atoms with van der Waals surface area (Å²) in [5.74, 6) is -0.151. The number of benzene rings is 2. The predicted molar refractivity (Wildman–Crippen MR) is 91.6 cm³/mol. The van der Waals surface area contributed by atoms with Gasteiger partial charge in [-0.1, -0.05) is 46.6 Å². The van der Waals surface area contributed by atoms with Gasteiger partial charge in [0.15, 0.2) is 12.2 Å². The Hall–Kier alpha value is -2.24. The number of rotatable bonds is 5. The molecule has 0 bridgehead atoms. The van der Waals surface area contributed by atoms with E-state index in [1.54, 1.807) is 25.1 Å². The molecule has 2 aromatic carbocycles. The average molecular weight is 366 g/mol. The fourth-order valence-electron chi connectivity index (χ4n) is 2.25. The van der Waals surface area contributed by atoms with Gasteiger partial charge in [0.25, 0.3) is 0 Å². The number of carbonyl (C=O) groups is 1. The minimum absolute atomic E-state index is 0.232. The van der Waals surface area contributed by atoms with E-state index in [-0.39, 0.29) is 18.2 Å². The van der Waals surface area contributed by atoms with Crippen molar-refractivity contribution >= 4 is 40.1 Å². The summed E-state index contributed by atoms with van der Waals surface area (Å²) in [7, 11) is 0. The van der Waals surface area contributed by atoms with Gasteiger partial charge in [0.1, 0.15) is 16.5 Å². The molecule has 0 aliphatic rings. The van der Waals surface area contributed by atoms with Crippen LogP contribution in [-0.2, 0) is 9.53 Å². The lowest BCUT2D eigenvalue weighted by Crippen LogP contribution is -2.14. The predicted octanol–water partition coefficient (Wildman–Crippen LogP) is 4.74. The second kappa shape index (κ2) is 7.11. The van der Waals surface area contributed by atoms with Gasteiger partial charge in [-0.25, -0.2) is 4.79 Å². The number of nitrogens with zero attached hydrogens (tertiary/aromatic N) is 1. The molecular formula is C17H13Cl2NO4. The maximum absolute atomic E-state index is 11.4. The molecule has 124 valence electrons. The molecule has 0 saturated heterocycles. The Labute approximate surface area is 148 Å². The molecule has 0 radical (unpaired) electrons. The van der Waals surface area contributed by atoms with E-state index in [4.69, 9.17) is 37.2 Å². The number of aromatic nitrogens is 1. The smallest absolute Gasteiger partial charge is 0.344 e. The summed E-state index contributed by atoms with van der Waals surface area (Å²) in [5.41, 5.74) is 1.71. The van der Waals surface area contributed by atoms with Crippen molar-refractivity contribution in [3.63, 3.8) is 0 Å². The number of hydrogen-bond donors (Lipinski definition) is 0. The van der Waals surface area contributed by atoms with Crippen LogP contribution in [-0.4, -0.2) is 24.3 Å². The van der Waals surface area contributed by atoms with E-state index in [1.807, 2.05) is 18.2 Å². The molecule has 24 heavy (non-hydrogen) atoms. The number of halogens is 2. The lowest BCUT2D eigenvalue weighted by Gasteiger charge is -2.07. The molecule has 0 unspecified atom stereocenters. The lowest BCUT2D eigenvalue weighted by molar-refractivity contribution is -0.145. The molecule has 3 rings (SSSR count). The fourth-order valence-corrected chi connectivity index (χ4v) is 2.73. The van der Waals surface area contributed by atoms with Crippen molar-refractivity contribution in [2.75, 3.05) is 13.2 Å². The molecule has 0 spiro atoms. The zero-order chi connectivity index (χ0) is 17.1. The van der Waals surface area contributed by atoms with Crippen LogP contribution >= 0.6 is 23.2 Å². The van der Waals surface area contributed by atoms with Crippen LogP contribution in [0.15, 0.2) is 40.9 Å². The zero-order valence-electron chi connectivity index (χ0n) is 12.7. The van der Waals surface area contributed by atoms with E-state index in [0.717, 1.165) is 5.56 Å². The number of ether oxygens (including phenoxy) is 2. The molecule has 0 N–H and O–H groups in total. The lowest BCUT2D eigenvalue weighted by atomic mass is 10.1. The molecule has 0 amide bonds. The Bertz CT molecular complexity index is 891. The highest BCUT2D eigenvalue weighted by molar-refractivity contribution is 6.37. The number of carbonyl (C=O) groups excluding carboxylic acids is 1. The maximum Gasteiger partial charge on any atom is 0.344 e. The molecule has 0 fully saturated rings. The average Bonchev–Trinajstić information content (AvgIpc) is 3.00. The molecule has 0 atom stereocenters. The van der Waals surface area contributed by atoms with E-state index < -0.39 is 5.97 Å². The van der Waals surface area contributed by atoms with Gasteiger partial charge in [-0.2, -0.15) is 0 Å². The zero-order valence-corrected chi connectivity index (χ0v) is 14.2. The first-order chi connectivity index (χ1) is 11.6. The molecule has 0 aliphatic carbocycles. The first-order valence-electron chi connectivity index (χ1n) is 7.23. The number of fused-ring (bicyclic) bond motifs is 1. The maximum atomic E-state index is 11.4. The SMILES string of the molecule is CCOC(=O)COc1ccc2c(-c3ccccc3Cl)noc2c1Cl. The minimum Gasteiger partial charge on any atom is -0.480 e. The van der Waals surface area contributed by atoms with Crippen LogP contribution in [0.5, 0.6) is 5.75 Å². The van der Waals surface area contributed by atoms with Crippen molar-refractivity contribution < 1.29 is 18.8 Å². The van der Waals surface area contributed by atoms with E-state index in [0.29, 0.717) is 27.4 Å². The summed E-state index contributed by atoms with van der Waals surface area (Å²) in [4.78, 5) is 11.4. The summed E-state index contributed by atoms with van der Waals surface area (Å²) in [5, 5.41) is 5.57. The number of esters is 1. The van der Waals surface area contributed by atoms with Crippen LogP contribution in [0.1, 0.15) is 6.92 Å². The van der Waals surface area contributed by atoms with Gasteiger partial charge >= 0.3 is 5.97 Å². The topological polar surface area (TPSA) is 61.6 Å². The Morgan fingerprint density at radius 2 is 2.00 bits per heavy atom. The Morgan fingerprint density at radius 1 is 1.21 bits per heavy atom. The van der Waals surface area contributed by atoms with Crippen LogP contribution in [0.4, 0.5) is 0 Å². The summed E-state index contributed by atoms with van der Waals surface area (Å²) < 4.78 is 15.5. The third-order valence-corrected chi connectivity index (χ3v) is 4.01. The third-order valence-electron chi connectivity index (χ3n) is 3.32. The summed E-state index contributed by atoms with van der Waals surface area (Å²) in [6.07, 6.45) is 0. The fraction of sp³-hybridized carbons (Fsp3) is 0.176. The van der Waals surface area contributed by atoms with E-state index in [9.17, 15) is 4.79 Å². The van der Waals surface area contributed by atoms with Crippen molar-refractivity contribution in [3.05, 3.63) is 46.4 Å². The molecule has 5 nitrogen and oxygen atoms in total. The quantitative estimate of drug-likeness (QED) is 0.610. The second-order valence-electron chi connectivity index (χ2n) is 4.86. The first kappa shape index (κ1) is 16.6. The van der Waals surface area contributed by atoms with Gasteiger partial charge in [0.05, 0.1) is 17.0 Å². The van der Waals surface area contributed by atoms with Gasteiger partial charge in [0.2, 0.25) is 0 Å². The Kier molecular flexibility index (Phi) is 4.92. The van der Waals surface area contributed by atoms with E-state index in [2.05, 4.69) is 5.16 Å². The third kappa shape index (κ3) is 3.18. The van der Waals surface area contributed by atoms with Gasteiger partial charge < -0.3 is 14.0 Å². The second-order valence-corrected chi connectivity index (χ2v) is 5.64. The van der Waals surface area contributed by atoms with Crippen molar-refractivity contribution in [1.29, 1.82) is 0 Å². The van der Waals surface area contributed by atoms with Gasteiger partial charge in [-0.05, 0) is 25.1 Å². The van der Waals surface area contributed by atoms with Gasteiger partial charge in [-0.3, -0.25) is 0 Å². The van der Waals surface area contributed by atoms with Crippen molar-refractivity contribution in [3.8, 4) is 17.0 Å². The molecule has 7 heteroatoms. The standard InChI is InChI=1S/C17H13Cl2NO4/c1-2-22-14(21)9-23-13-8-7-11-16(20-24-17(11)15(13)19)10-5-3-4-6-12(10)18/h3-8H,2,9H2,1H3. The normalized spacial score (nSPS) is 10.8. The summed E-state index contributed by atoms with van der Waals surface area (Å²) in [6.45, 7) is 1.78. The highest BCUT2D eigenvalue weighted by atomic mass is 35.5. The van der Waals surface area contributed by atoms with Crippen LogP contribution < -0.4 is 4.74 Å². The van der Waals surface area contributed by atoms with Crippen molar-refractivity contribution in [2.45, 2.75) is 6.92 Å². The van der Waals surface area contributed by atoms with Crippen molar-refractivity contribution in [2.24, 2.45) is 0 Å². The molecule has 1 aromatic heterocycles. The Balaban J connectivity index is 1.94. The molecular weight excluding hydrogens is 353 g/mol. The molecule has 0 saturated carbocycles. The first-order valence-corrected chi connectivity index (χ1v) is 7.98. The van der Waals surface area contributed by atoms with Crippen LogP contribution in [0.3, 0.4) is 0 Å². The van der Waals surface area contributed by atoms with Crippen LogP contribution in [0.25, 0.3) is 22.2 Å². The van der Waals surface area contributed by atoms with Crippen LogP contribution in [0, 0.1) is 0 Å². The Morgan fingerprint density at radius 3 is 2.75 bits per heavy atom. The van der Waals surface area contributed by atoms with Gasteiger partial charge in [-0.15, -0.1) is 0 Å². The summed E-state index contributed by atoms with van der Waals surface area (Å²) in [6, 6.07) is 10.7. The van der Waals surface area contributed by atoms with Crippen LogP contribution in [0.2, 0.25) is 10.0 Å². The largest absolute Gasteiger partial charge is 0.480 e. The van der Waals surface area contributed by atoms with E-state index in [1.165, 1.54) is 0 Å². The molecule has 3 aromatic rings.